The van der Waals surface area contributed by atoms with Gasteiger partial charge in [-0.25, -0.2) is 4.18 Å². The van der Waals surface area contributed by atoms with Crippen LogP contribution in [0.3, 0.4) is 0 Å². The zero-order chi connectivity index (χ0) is 60.7. The van der Waals surface area contributed by atoms with Crippen LogP contribution in [0.25, 0.3) is 0 Å². The summed E-state index contributed by atoms with van der Waals surface area (Å²) in [5.74, 6) is -0.559. The van der Waals surface area contributed by atoms with Crippen molar-refractivity contribution in [1.29, 1.82) is 0 Å². The highest BCUT2D eigenvalue weighted by molar-refractivity contribution is 7.80. The van der Waals surface area contributed by atoms with Crippen LogP contribution in [0, 0.1) is 40.4 Å². The van der Waals surface area contributed by atoms with Crippen molar-refractivity contribution in [2.24, 2.45) is 40.4 Å². The van der Waals surface area contributed by atoms with Crippen molar-refractivity contribution in [2.75, 3.05) is 13.2 Å². The number of allylic oxidation sites excluding steroid dienone is 2. The van der Waals surface area contributed by atoms with E-state index in [0.717, 1.165) is 18.4 Å². The summed E-state index contributed by atoms with van der Waals surface area (Å²) in [5.41, 5.74) is -1.33. The maximum absolute atomic E-state index is 12.4. The smallest absolute Gasteiger partial charge is 0.390 e. The van der Waals surface area contributed by atoms with Gasteiger partial charge in [-0.05, 0) is 126 Å². The van der Waals surface area contributed by atoms with E-state index in [1.54, 1.807) is 6.92 Å². The molecule has 9 rings (SSSR count). The van der Waals surface area contributed by atoms with E-state index in [2.05, 4.69) is 33.8 Å². The molecule has 0 aromatic heterocycles. The molecule has 480 valence electrons. The number of fused-ring (bicyclic) bond motifs is 5. The summed E-state index contributed by atoms with van der Waals surface area (Å²) in [6.07, 6.45) is -33.9. The SMILES string of the molecule is CC(C)CCC(O)C(C)(O)C1CCC2C3CC(OC4OC(C)C(O)C(OC5OCC(OC6OCC(O)C(O)C6OC6OC(C)C(O)C(O)C6O)C(O)C5OC5OC(C)C(O)C(O)C5O)C4O)C4CC(OS(=O)(=O)O)CCC4(C)C3=CCC21C. The summed E-state index contributed by atoms with van der Waals surface area (Å²) < 4.78 is 100. The van der Waals surface area contributed by atoms with Crippen LogP contribution < -0.4 is 0 Å². The van der Waals surface area contributed by atoms with E-state index in [0.29, 0.717) is 38.0 Å². The average Bonchev–Trinajstić information content (AvgIpc) is 2.34. The molecule has 0 amide bonds. The van der Waals surface area contributed by atoms with Crippen LogP contribution in [0.2, 0.25) is 0 Å². The molecule has 0 radical (unpaired) electrons. The van der Waals surface area contributed by atoms with Crippen LogP contribution in [0.4, 0.5) is 0 Å². The average molecular weight is 1220 g/mol. The number of aliphatic hydroxyl groups is 13. The fraction of sp³-hybridized carbons (Fsp3) is 0.964. The highest BCUT2D eigenvalue weighted by Crippen LogP contribution is 2.67. The summed E-state index contributed by atoms with van der Waals surface area (Å²) in [4.78, 5) is 0. The Morgan fingerprint density at radius 3 is 1.73 bits per heavy atom. The lowest BCUT2D eigenvalue weighted by Crippen LogP contribution is -2.66. The molecule has 83 heavy (non-hydrogen) atoms. The maximum atomic E-state index is 12.4. The third-order valence-corrected chi connectivity index (χ3v) is 20.9. The molecule has 0 aromatic carbocycles. The minimum atomic E-state index is -4.87. The molecule has 0 aromatic rings. The van der Waals surface area contributed by atoms with Crippen molar-refractivity contribution in [3.05, 3.63) is 11.6 Å². The first-order valence-corrected chi connectivity index (χ1v) is 30.9. The monoisotopic (exact) mass is 1220 g/mol. The van der Waals surface area contributed by atoms with Crippen LogP contribution >= 0.6 is 0 Å². The van der Waals surface area contributed by atoms with Gasteiger partial charge in [-0.15, -0.1) is 0 Å². The zero-order valence-electron chi connectivity index (χ0n) is 48.2. The van der Waals surface area contributed by atoms with Crippen molar-refractivity contribution < 1.29 is 131 Å². The van der Waals surface area contributed by atoms with Gasteiger partial charge in [0, 0.05) is 0 Å². The zero-order valence-corrected chi connectivity index (χ0v) is 49.0. The fourth-order valence-corrected chi connectivity index (χ4v) is 15.9. The Kier molecular flexibility index (Phi) is 20.3. The topological polar surface area (TPSA) is 419 Å². The Balaban J connectivity index is 0.973. The highest BCUT2D eigenvalue weighted by Gasteiger charge is 2.64. The first-order chi connectivity index (χ1) is 38.8. The minimum Gasteiger partial charge on any atom is -0.390 e. The summed E-state index contributed by atoms with van der Waals surface area (Å²) in [6, 6.07) is 0. The van der Waals surface area contributed by atoms with Gasteiger partial charge in [-0.2, -0.15) is 8.42 Å². The number of hydrogen-bond donors (Lipinski definition) is 14. The van der Waals surface area contributed by atoms with Crippen molar-refractivity contribution in [3.8, 4) is 0 Å². The van der Waals surface area contributed by atoms with E-state index in [1.165, 1.54) is 20.8 Å². The predicted molar refractivity (Wildman–Crippen MR) is 281 cm³/mol. The van der Waals surface area contributed by atoms with Gasteiger partial charge in [0.25, 0.3) is 0 Å². The summed E-state index contributed by atoms with van der Waals surface area (Å²) >= 11 is 0. The van der Waals surface area contributed by atoms with Gasteiger partial charge in [-0.1, -0.05) is 39.3 Å². The Morgan fingerprint density at radius 1 is 0.614 bits per heavy atom. The lowest BCUT2D eigenvalue weighted by atomic mass is 9.47. The molecule has 3 saturated carbocycles. The van der Waals surface area contributed by atoms with Crippen molar-refractivity contribution in [1.82, 2.24) is 0 Å². The third kappa shape index (κ3) is 13.0. The van der Waals surface area contributed by atoms with E-state index in [4.69, 9.17) is 51.6 Å². The van der Waals surface area contributed by atoms with Crippen molar-refractivity contribution in [3.63, 3.8) is 0 Å². The van der Waals surface area contributed by atoms with Crippen LogP contribution in [0.15, 0.2) is 11.6 Å². The highest BCUT2D eigenvalue weighted by atomic mass is 32.3. The molecule has 14 N–H and O–H groups in total. The largest absolute Gasteiger partial charge is 0.397 e. The van der Waals surface area contributed by atoms with Crippen LogP contribution in [0.1, 0.15) is 113 Å². The molecule has 5 saturated heterocycles. The van der Waals surface area contributed by atoms with Gasteiger partial charge in [-0.3, -0.25) is 4.55 Å². The maximum Gasteiger partial charge on any atom is 0.397 e. The Labute approximate surface area is 483 Å². The van der Waals surface area contributed by atoms with Crippen molar-refractivity contribution in [2.45, 2.75) is 278 Å². The lowest BCUT2D eigenvalue weighted by Gasteiger charge is -2.60. The first-order valence-electron chi connectivity index (χ1n) is 29.5. The normalized spacial score (nSPS) is 51.7. The van der Waals surface area contributed by atoms with Crippen molar-refractivity contribution >= 4 is 10.4 Å². The Hall–Kier alpha value is -1.31. The fourth-order valence-electron chi connectivity index (χ4n) is 15.4. The van der Waals surface area contributed by atoms with Crippen LogP contribution in [-0.4, -0.2) is 258 Å². The summed E-state index contributed by atoms with van der Waals surface area (Å²) in [6.45, 7) is 13.3. The number of rotatable bonds is 17. The lowest BCUT2D eigenvalue weighted by molar-refractivity contribution is -0.394. The molecule has 5 aliphatic heterocycles. The Morgan fingerprint density at radius 2 is 1.14 bits per heavy atom. The van der Waals surface area contributed by atoms with E-state index in [1.807, 2.05) is 0 Å². The quantitative estimate of drug-likeness (QED) is 0.0541. The second-order valence-electron chi connectivity index (χ2n) is 26.3. The molecule has 0 bridgehead atoms. The molecule has 8 fully saturated rings. The molecule has 27 nitrogen and oxygen atoms in total. The predicted octanol–water partition coefficient (Wildman–Crippen LogP) is -2.25. The third-order valence-electron chi connectivity index (χ3n) is 20.4. The van der Waals surface area contributed by atoms with Gasteiger partial charge in [0.15, 0.2) is 31.5 Å². The molecule has 28 heteroatoms. The molecule has 33 unspecified atom stereocenters. The van der Waals surface area contributed by atoms with E-state index >= 15 is 0 Å². The Bertz CT molecular complexity index is 2320. The van der Waals surface area contributed by atoms with E-state index in [-0.39, 0.29) is 30.6 Å². The summed E-state index contributed by atoms with van der Waals surface area (Å²) in [7, 11) is -4.87. The second kappa shape index (κ2) is 25.5. The molecule has 9 aliphatic rings. The molecule has 4 aliphatic carbocycles. The standard InChI is InChI=1S/C55H92O27S/c1-21(2)9-12-34(57)55(8,68)33-11-10-27-26-18-31(29-17-25(82-83(69,70)71)13-15-53(29,6)28(26)14-16-54(27,33)7)77-50-44(67)45(37(60)24(5)76-50)79-52-47(81-49-43(66)41(64)36(59)23(4)75-49)39(62)32(20-73-52)78-51-46(38(61)30(56)19-72-51)80-48-42(65)40(63)35(58)22(3)74-48/h14,21-27,29-52,56-68H,9-13,15-20H2,1-8H3,(H,69,70,71). The minimum absolute atomic E-state index is 0.00555. The number of hydrogen-bond acceptors (Lipinski definition) is 26. The first kappa shape index (κ1) is 66.1. The van der Waals surface area contributed by atoms with Gasteiger partial charge < -0.3 is 114 Å². The van der Waals surface area contributed by atoms with Gasteiger partial charge >= 0.3 is 10.4 Å². The van der Waals surface area contributed by atoms with E-state index in [9.17, 15) is 79.4 Å². The van der Waals surface area contributed by atoms with Gasteiger partial charge in [0.2, 0.25) is 0 Å². The van der Waals surface area contributed by atoms with Gasteiger partial charge in [0.1, 0.15) is 91.6 Å². The molecular weight excluding hydrogens is 1120 g/mol. The summed E-state index contributed by atoms with van der Waals surface area (Å²) in [5, 5.41) is 146. The van der Waals surface area contributed by atoms with Crippen LogP contribution in [0.5, 0.6) is 0 Å². The molecule has 33 atom stereocenters. The second-order valence-corrected chi connectivity index (χ2v) is 27.3. The number of ether oxygens (including phenoxy) is 10. The number of aliphatic hydroxyl groups excluding tert-OH is 12. The van der Waals surface area contributed by atoms with Gasteiger partial charge in [0.05, 0.1) is 55.4 Å². The van der Waals surface area contributed by atoms with Crippen LogP contribution in [-0.2, 0) is 62.0 Å². The molecule has 5 heterocycles. The van der Waals surface area contributed by atoms with E-state index < -0.39 is 206 Å². The molecule has 0 spiro atoms. The molecular formula is C55H92O27S.